The smallest absolute Gasteiger partial charge is 0.477 e. The maximum Gasteiger partial charge on any atom is 0.514 e. The maximum atomic E-state index is 12.4. The highest BCUT2D eigenvalue weighted by Crippen LogP contribution is 2.15. The number of ether oxygens (including phenoxy) is 4. The summed E-state index contributed by atoms with van der Waals surface area (Å²) >= 11 is 5.39. The molecule has 0 aliphatic carbocycles. The van der Waals surface area contributed by atoms with Gasteiger partial charge < -0.3 is 24.3 Å². The standard InChI is InChI=1S/C27H34N2O7S/c1-26(2,3)35-24(31)29-21(23(37)33-17-22(30)18-10-8-7-9-11-18)15-13-19-12-14-20(16-28-19)34-25(32)36-27(4,5)6/h7-12,14,16,21H,13,15,17H2,1-6H3,(H,29,31)/t21-/m1/s1. The summed E-state index contributed by atoms with van der Waals surface area (Å²) in [7, 11) is 0. The van der Waals surface area contributed by atoms with Crippen LogP contribution in [0.4, 0.5) is 9.59 Å². The molecule has 0 radical (unpaired) electrons. The first-order chi connectivity index (χ1) is 17.2. The average molecular weight is 531 g/mol. The van der Waals surface area contributed by atoms with Gasteiger partial charge in [-0.3, -0.25) is 9.78 Å². The third kappa shape index (κ3) is 11.8. The monoisotopic (exact) mass is 530 g/mol. The van der Waals surface area contributed by atoms with Gasteiger partial charge in [-0.25, -0.2) is 9.59 Å². The van der Waals surface area contributed by atoms with Crippen molar-refractivity contribution < 1.29 is 33.3 Å². The van der Waals surface area contributed by atoms with Gasteiger partial charge in [-0.15, -0.1) is 0 Å². The number of carbonyl (C=O) groups is 3. The molecule has 0 bridgehead atoms. The van der Waals surface area contributed by atoms with E-state index in [9.17, 15) is 14.4 Å². The van der Waals surface area contributed by atoms with Crippen LogP contribution in [0.25, 0.3) is 0 Å². The van der Waals surface area contributed by atoms with Crippen LogP contribution in [0.15, 0.2) is 48.7 Å². The molecule has 1 heterocycles. The Hall–Kier alpha value is -3.53. The molecule has 0 unspecified atom stereocenters. The molecule has 0 aliphatic rings. The molecule has 10 heteroatoms. The zero-order valence-corrected chi connectivity index (χ0v) is 22.8. The van der Waals surface area contributed by atoms with Crippen LogP contribution in [0.3, 0.4) is 0 Å². The fourth-order valence-electron chi connectivity index (χ4n) is 2.92. The number of ketones is 1. The zero-order valence-electron chi connectivity index (χ0n) is 22.0. The number of alkyl carbamates (subject to hydrolysis) is 1. The number of pyridine rings is 1. The Labute approximate surface area is 222 Å². The van der Waals surface area contributed by atoms with Crippen molar-refractivity contribution in [1.29, 1.82) is 0 Å². The van der Waals surface area contributed by atoms with Gasteiger partial charge in [0.2, 0.25) is 0 Å². The zero-order chi connectivity index (χ0) is 27.6. The molecule has 1 amide bonds. The van der Waals surface area contributed by atoms with E-state index in [0.717, 1.165) is 0 Å². The van der Waals surface area contributed by atoms with Crippen LogP contribution in [-0.4, -0.2) is 51.9 Å². The van der Waals surface area contributed by atoms with Crippen LogP contribution >= 0.6 is 12.2 Å². The minimum atomic E-state index is -0.823. The second kappa shape index (κ2) is 13.1. The van der Waals surface area contributed by atoms with Crippen molar-refractivity contribution in [3.05, 3.63) is 59.9 Å². The average Bonchev–Trinajstić information content (AvgIpc) is 2.79. The molecular formula is C27H34N2O7S. The molecule has 9 nitrogen and oxygen atoms in total. The summed E-state index contributed by atoms with van der Waals surface area (Å²) in [5, 5.41) is 2.77. The third-order valence-corrected chi connectivity index (χ3v) is 4.90. The number of nitrogens with one attached hydrogen (secondary N) is 1. The number of Topliss-reactive ketones (excluding diaryl/α,β-unsaturated/α-hetero) is 1. The molecule has 200 valence electrons. The van der Waals surface area contributed by atoms with Crippen LogP contribution in [-0.2, 0) is 20.6 Å². The first-order valence-electron chi connectivity index (χ1n) is 11.8. The third-order valence-electron chi connectivity index (χ3n) is 4.49. The molecule has 0 saturated heterocycles. The SMILES string of the molecule is CC(C)(C)OC(=O)N[C@H](CCc1ccc(OC(=O)OC(C)(C)C)cn1)C(=S)OCC(=O)c1ccccc1. The second-order valence-corrected chi connectivity index (χ2v) is 10.6. The fourth-order valence-corrected chi connectivity index (χ4v) is 3.16. The van der Waals surface area contributed by atoms with Gasteiger partial charge in [0, 0.05) is 11.3 Å². The molecule has 1 N–H and O–H groups in total. The van der Waals surface area contributed by atoms with Crippen molar-refractivity contribution in [3.8, 4) is 5.75 Å². The van der Waals surface area contributed by atoms with Crippen LogP contribution in [0, 0.1) is 0 Å². The minimum Gasteiger partial charge on any atom is -0.477 e. The van der Waals surface area contributed by atoms with Crippen molar-refractivity contribution >= 4 is 35.3 Å². The van der Waals surface area contributed by atoms with Crippen LogP contribution in [0.5, 0.6) is 5.75 Å². The number of thiocarbonyl (C=S) groups is 1. The Morgan fingerprint density at radius 3 is 2.16 bits per heavy atom. The lowest BCUT2D eigenvalue weighted by atomic mass is 10.1. The van der Waals surface area contributed by atoms with E-state index in [0.29, 0.717) is 24.1 Å². The fraction of sp³-hybridized carbons (Fsp3) is 0.444. The molecule has 0 aliphatic heterocycles. The molecule has 1 aromatic carbocycles. The Morgan fingerprint density at radius 1 is 0.946 bits per heavy atom. The largest absolute Gasteiger partial charge is 0.514 e. The molecule has 2 aromatic rings. The molecule has 37 heavy (non-hydrogen) atoms. The van der Waals surface area contributed by atoms with E-state index in [2.05, 4.69) is 10.3 Å². The van der Waals surface area contributed by atoms with Crippen molar-refractivity contribution in [2.75, 3.05) is 6.61 Å². The highest BCUT2D eigenvalue weighted by Gasteiger charge is 2.24. The van der Waals surface area contributed by atoms with Crippen molar-refractivity contribution in [1.82, 2.24) is 10.3 Å². The number of carbonyl (C=O) groups excluding carboxylic acids is 3. The van der Waals surface area contributed by atoms with Crippen molar-refractivity contribution in [2.24, 2.45) is 0 Å². The second-order valence-electron chi connectivity index (χ2n) is 10.2. The lowest BCUT2D eigenvalue weighted by Crippen LogP contribution is -2.44. The topological polar surface area (TPSA) is 113 Å². The summed E-state index contributed by atoms with van der Waals surface area (Å²) in [6.45, 7) is 10.2. The van der Waals surface area contributed by atoms with E-state index < -0.39 is 29.5 Å². The molecule has 1 aromatic heterocycles. The van der Waals surface area contributed by atoms with Gasteiger partial charge in [-0.2, -0.15) is 0 Å². The summed E-state index contributed by atoms with van der Waals surface area (Å²) in [4.78, 5) is 40.9. The molecule has 0 fully saturated rings. The van der Waals surface area contributed by atoms with Gasteiger partial charge in [-0.05, 0) is 78.7 Å². The van der Waals surface area contributed by atoms with E-state index in [1.165, 1.54) is 6.20 Å². The predicted octanol–water partition coefficient (Wildman–Crippen LogP) is 5.45. The number of nitrogens with zero attached hydrogens (tertiary/aromatic N) is 1. The van der Waals surface area contributed by atoms with Gasteiger partial charge in [0.1, 0.15) is 17.2 Å². The summed E-state index contributed by atoms with van der Waals surface area (Å²) in [6.07, 6.45) is 0.659. The van der Waals surface area contributed by atoms with Crippen LogP contribution < -0.4 is 10.1 Å². The Bertz CT molecular complexity index is 1070. The number of hydrogen-bond acceptors (Lipinski definition) is 9. The van der Waals surface area contributed by atoms with Gasteiger partial charge in [-0.1, -0.05) is 30.3 Å². The molecule has 0 saturated carbocycles. The molecule has 2 rings (SSSR count). The quantitative estimate of drug-likeness (QED) is 0.257. The number of rotatable bonds is 9. The predicted molar refractivity (Wildman–Crippen MR) is 142 cm³/mol. The highest BCUT2D eigenvalue weighted by atomic mass is 32.1. The minimum absolute atomic E-state index is 0.0556. The summed E-state index contributed by atoms with van der Waals surface area (Å²) in [6, 6.07) is 11.3. The molecule has 1 atom stereocenters. The summed E-state index contributed by atoms with van der Waals surface area (Å²) in [5.74, 6) is 0.000851. The molecule has 0 spiro atoms. The Kier molecular flexibility index (Phi) is 10.5. The molecular weight excluding hydrogens is 496 g/mol. The van der Waals surface area contributed by atoms with E-state index in [4.69, 9.17) is 31.2 Å². The normalized spacial score (nSPS) is 12.2. The van der Waals surface area contributed by atoms with Gasteiger partial charge in [0.15, 0.2) is 23.2 Å². The first-order valence-corrected chi connectivity index (χ1v) is 12.2. The van der Waals surface area contributed by atoms with E-state index >= 15 is 0 Å². The lowest BCUT2D eigenvalue weighted by molar-refractivity contribution is 0.0205. The summed E-state index contributed by atoms with van der Waals surface area (Å²) in [5.41, 5.74) is -0.214. The van der Waals surface area contributed by atoms with Crippen LogP contribution in [0.1, 0.15) is 64.0 Å². The van der Waals surface area contributed by atoms with E-state index in [1.54, 1.807) is 77.9 Å². The summed E-state index contributed by atoms with van der Waals surface area (Å²) < 4.78 is 21.2. The van der Waals surface area contributed by atoms with Gasteiger partial charge in [0.25, 0.3) is 0 Å². The van der Waals surface area contributed by atoms with Gasteiger partial charge >= 0.3 is 12.2 Å². The Balaban J connectivity index is 2.00. The number of aryl methyl sites for hydroxylation is 1. The Morgan fingerprint density at radius 2 is 1.59 bits per heavy atom. The van der Waals surface area contributed by atoms with E-state index in [-0.39, 0.29) is 23.2 Å². The number of amides is 1. The first kappa shape index (κ1) is 29.7. The lowest BCUT2D eigenvalue weighted by Gasteiger charge is -2.24. The number of hydrogen-bond donors (Lipinski definition) is 1. The van der Waals surface area contributed by atoms with Gasteiger partial charge in [0.05, 0.1) is 6.20 Å². The van der Waals surface area contributed by atoms with Crippen molar-refractivity contribution in [3.63, 3.8) is 0 Å². The highest BCUT2D eigenvalue weighted by molar-refractivity contribution is 7.80. The number of benzene rings is 1. The van der Waals surface area contributed by atoms with E-state index in [1.807, 2.05) is 6.07 Å². The van der Waals surface area contributed by atoms with Crippen LogP contribution in [0.2, 0.25) is 0 Å². The van der Waals surface area contributed by atoms with Crippen molar-refractivity contribution in [2.45, 2.75) is 71.6 Å². The maximum absolute atomic E-state index is 12.4. The number of aromatic nitrogens is 1.